The molecule has 0 aliphatic carbocycles. The maximum Gasteiger partial charge on any atom is 0.408 e. The van der Waals surface area contributed by atoms with Crippen LogP contribution in [0.4, 0.5) is 22.4 Å². The summed E-state index contributed by atoms with van der Waals surface area (Å²) in [4.78, 5) is 26.5. The molecule has 5 nitrogen and oxygen atoms in total. The largest absolute Gasteiger partial charge is 0.465 e. The minimum absolute atomic E-state index is 0.0768. The Morgan fingerprint density at radius 3 is 2.32 bits per heavy atom. The third kappa shape index (κ3) is 6.87. The minimum atomic E-state index is -4.75. The molecule has 2 aromatic carbocycles. The molecule has 11 heteroatoms. The maximum absolute atomic E-state index is 13.8. The van der Waals surface area contributed by atoms with Crippen LogP contribution in [-0.4, -0.2) is 46.7 Å². The van der Waals surface area contributed by atoms with Gasteiger partial charge in [-0.25, -0.2) is 9.18 Å². The fourth-order valence-electron chi connectivity index (χ4n) is 3.66. The molecular formula is C23H22Cl2F4N2O3. The van der Waals surface area contributed by atoms with Crippen LogP contribution in [0.15, 0.2) is 55.1 Å². The molecule has 34 heavy (non-hydrogen) atoms. The fourth-order valence-corrected chi connectivity index (χ4v) is 3.95. The first-order valence-corrected chi connectivity index (χ1v) is 10.7. The van der Waals surface area contributed by atoms with Crippen molar-refractivity contribution in [2.75, 3.05) is 13.6 Å². The Hall–Kier alpha value is -2.78. The van der Waals surface area contributed by atoms with Crippen LogP contribution in [0, 0.1) is 5.82 Å². The summed E-state index contributed by atoms with van der Waals surface area (Å²) in [7, 11) is 1.14. The van der Waals surface area contributed by atoms with Crippen LogP contribution in [0.5, 0.6) is 0 Å². The highest BCUT2D eigenvalue weighted by atomic mass is 35.5. The molecule has 184 valence electrons. The van der Waals surface area contributed by atoms with Gasteiger partial charge in [0.25, 0.3) is 0 Å². The van der Waals surface area contributed by atoms with Gasteiger partial charge in [-0.1, -0.05) is 47.5 Å². The molecule has 2 rings (SSSR count). The molecule has 1 atom stereocenters. The zero-order valence-electron chi connectivity index (χ0n) is 18.1. The first kappa shape index (κ1) is 27.5. The van der Waals surface area contributed by atoms with Crippen molar-refractivity contribution < 1.29 is 32.3 Å². The molecule has 0 saturated carbocycles. The molecule has 0 saturated heterocycles. The number of benzene rings is 2. The van der Waals surface area contributed by atoms with Crippen LogP contribution in [-0.2, 0) is 16.9 Å². The van der Waals surface area contributed by atoms with E-state index in [0.717, 1.165) is 22.9 Å². The standard InChI is InChI=1S/C23H22Cl2F4N2O3/c1-3-9-22(16-7-8-18(24)19(25)11-16,14-30(2)20(32)12-23(27,28)29)31(21(33)34)13-15-5-4-6-17(26)10-15/h3-8,10-11H,1,9,12-14H2,2H3,(H,33,34)/t22-/m1/s1. The molecule has 0 aliphatic rings. The number of carbonyl (C=O) groups excluding carboxylic acids is 1. The van der Waals surface area contributed by atoms with E-state index < -0.39 is 42.5 Å². The second-order valence-corrected chi connectivity index (χ2v) is 8.51. The van der Waals surface area contributed by atoms with Crippen LogP contribution >= 0.6 is 23.2 Å². The van der Waals surface area contributed by atoms with E-state index in [0.29, 0.717) is 5.56 Å². The Morgan fingerprint density at radius 1 is 1.12 bits per heavy atom. The lowest BCUT2D eigenvalue weighted by molar-refractivity contribution is -0.161. The van der Waals surface area contributed by atoms with Gasteiger partial charge in [-0.15, -0.1) is 6.58 Å². The summed E-state index contributed by atoms with van der Waals surface area (Å²) >= 11 is 12.2. The number of carbonyl (C=O) groups is 2. The van der Waals surface area contributed by atoms with Gasteiger partial charge >= 0.3 is 12.3 Å². The quantitative estimate of drug-likeness (QED) is 0.303. The number of alkyl halides is 3. The molecule has 0 spiro atoms. The summed E-state index contributed by atoms with van der Waals surface area (Å²) in [5.41, 5.74) is -1.06. The van der Waals surface area contributed by atoms with E-state index in [9.17, 15) is 32.3 Å². The third-order valence-corrected chi connectivity index (χ3v) is 5.93. The topological polar surface area (TPSA) is 60.9 Å². The molecule has 0 radical (unpaired) electrons. The van der Waals surface area contributed by atoms with Crippen molar-refractivity contribution in [2.45, 2.75) is 31.1 Å². The van der Waals surface area contributed by atoms with Crippen LogP contribution in [0.3, 0.4) is 0 Å². The highest BCUT2D eigenvalue weighted by Crippen LogP contribution is 2.38. The first-order valence-electron chi connectivity index (χ1n) is 9.91. The average Bonchev–Trinajstić information content (AvgIpc) is 2.72. The molecule has 2 amide bonds. The minimum Gasteiger partial charge on any atom is -0.465 e. The third-order valence-electron chi connectivity index (χ3n) is 5.19. The Kier molecular flexibility index (Phi) is 8.96. The lowest BCUT2D eigenvalue weighted by Gasteiger charge is -2.45. The van der Waals surface area contributed by atoms with E-state index in [1.165, 1.54) is 42.5 Å². The van der Waals surface area contributed by atoms with Gasteiger partial charge in [0.15, 0.2) is 0 Å². The van der Waals surface area contributed by atoms with Gasteiger partial charge in [-0.05, 0) is 41.8 Å². The Labute approximate surface area is 204 Å². The molecule has 0 aliphatic heterocycles. The van der Waals surface area contributed by atoms with E-state index in [1.54, 1.807) is 0 Å². The van der Waals surface area contributed by atoms with Crippen molar-refractivity contribution >= 4 is 35.2 Å². The van der Waals surface area contributed by atoms with Crippen molar-refractivity contribution in [1.29, 1.82) is 0 Å². The van der Waals surface area contributed by atoms with Gasteiger partial charge < -0.3 is 10.0 Å². The molecule has 2 aromatic rings. The van der Waals surface area contributed by atoms with Gasteiger partial charge in [0.05, 0.1) is 22.1 Å². The summed E-state index contributed by atoms with van der Waals surface area (Å²) in [6.45, 7) is 2.87. The molecular weight excluding hydrogens is 499 g/mol. The number of carboxylic acid groups (broad SMARTS) is 1. The van der Waals surface area contributed by atoms with Gasteiger partial charge in [0.2, 0.25) is 5.91 Å². The first-order chi connectivity index (χ1) is 15.8. The summed E-state index contributed by atoms with van der Waals surface area (Å²) in [5, 5.41) is 10.4. The van der Waals surface area contributed by atoms with Crippen molar-refractivity contribution in [1.82, 2.24) is 9.80 Å². The van der Waals surface area contributed by atoms with Gasteiger partial charge in [0, 0.05) is 13.6 Å². The highest BCUT2D eigenvalue weighted by molar-refractivity contribution is 6.42. The van der Waals surface area contributed by atoms with Crippen LogP contribution < -0.4 is 0 Å². The van der Waals surface area contributed by atoms with Crippen molar-refractivity contribution in [3.8, 4) is 0 Å². The number of likely N-dealkylation sites (N-methyl/N-ethyl adjacent to an activating group) is 1. The number of rotatable bonds is 9. The van der Waals surface area contributed by atoms with E-state index in [2.05, 4.69) is 6.58 Å². The molecule has 0 heterocycles. The number of halogens is 6. The zero-order valence-corrected chi connectivity index (χ0v) is 19.6. The summed E-state index contributed by atoms with van der Waals surface area (Å²) < 4.78 is 52.3. The molecule has 0 fully saturated rings. The Bertz CT molecular complexity index is 1060. The number of hydrogen-bond donors (Lipinski definition) is 1. The maximum atomic E-state index is 13.8. The van der Waals surface area contributed by atoms with Crippen molar-refractivity contribution in [3.05, 3.63) is 82.1 Å². The number of amides is 2. The van der Waals surface area contributed by atoms with Crippen molar-refractivity contribution in [3.63, 3.8) is 0 Å². The van der Waals surface area contributed by atoms with Crippen LogP contribution in [0.25, 0.3) is 0 Å². The second kappa shape index (κ2) is 11.1. The Balaban J connectivity index is 2.66. The lowest BCUT2D eigenvalue weighted by Crippen LogP contribution is -2.55. The molecule has 0 bridgehead atoms. The van der Waals surface area contributed by atoms with E-state index >= 15 is 0 Å². The normalized spacial score (nSPS) is 13.1. The summed E-state index contributed by atoms with van der Waals surface area (Å²) in [5.74, 6) is -1.85. The van der Waals surface area contributed by atoms with Crippen LogP contribution in [0.1, 0.15) is 24.0 Å². The van der Waals surface area contributed by atoms with Gasteiger partial charge in [-0.3, -0.25) is 9.69 Å². The monoisotopic (exact) mass is 520 g/mol. The highest BCUT2D eigenvalue weighted by Gasteiger charge is 2.44. The Morgan fingerprint density at radius 2 is 1.79 bits per heavy atom. The number of hydrogen-bond acceptors (Lipinski definition) is 2. The van der Waals surface area contributed by atoms with Crippen LogP contribution in [0.2, 0.25) is 10.0 Å². The predicted molar refractivity (Wildman–Crippen MR) is 121 cm³/mol. The summed E-state index contributed by atoms with van der Waals surface area (Å²) in [6, 6.07) is 9.51. The van der Waals surface area contributed by atoms with E-state index in [4.69, 9.17) is 23.2 Å². The zero-order chi connectivity index (χ0) is 25.7. The summed E-state index contributed by atoms with van der Waals surface area (Å²) in [6.07, 6.45) is -6.63. The van der Waals surface area contributed by atoms with E-state index in [1.807, 2.05) is 0 Å². The predicted octanol–water partition coefficient (Wildman–Crippen LogP) is 6.49. The average molecular weight is 521 g/mol. The van der Waals surface area contributed by atoms with E-state index in [-0.39, 0.29) is 28.6 Å². The molecule has 0 unspecified atom stereocenters. The second-order valence-electron chi connectivity index (χ2n) is 7.69. The SMILES string of the molecule is C=CC[C@@](CN(C)C(=O)CC(F)(F)F)(c1ccc(Cl)c(Cl)c1)N(Cc1cccc(F)c1)C(=O)O. The smallest absolute Gasteiger partial charge is 0.408 e. The fraction of sp³-hybridized carbons (Fsp3) is 0.304. The lowest BCUT2D eigenvalue weighted by atomic mass is 9.83. The molecule has 0 aromatic heterocycles. The van der Waals surface area contributed by atoms with Crippen molar-refractivity contribution in [2.24, 2.45) is 0 Å². The molecule has 1 N–H and O–H groups in total. The number of nitrogens with zero attached hydrogens (tertiary/aromatic N) is 2. The van der Waals surface area contributed by atoms with Gasteiger partial charge in [0.1, 0.15) is 12.2 Å². The van der Waals surface area contributed by atoms with Gasteiger partial charge in [-0.2, -0.15) is 13.2 Å².